The molecule has 1 saturated carbocycles. The zero-order valence-electron chi connectivity index (χ0n) is 8.42. The van der Waals surface area contributed by atoms with Gasteiger partial charge < -0.3 is 5.32 Å². The highest BCUT2D eigenvalue weighted by molar-refractivity contribution is 8.14. The summed E-state index contributed by atoms with van der Waals surface area (Å²) >= 11 is 1.94. The summed E-state index contributed by atoms with van der Waals surface area (Å²) < 4.78 is 0. The van der Waals surface area contributed by atoms with Crippen molar-refractivity contribution in [1.29, 1.82) is 0 Å². The van der Waals surface area contributed by atoms with Gasteiger partial charge in [-0.25, -0.2) is 0 Å². The van der Waals surface area contributed by atoms with Crippen LogP contribution >= 0.6 is 11.8 Å². The first-order valence-corrected chi connectivity index (χ1v) is 6.11. The van der Waals surface area contributed by atoms with Crippen molar-refractivity contribution in [3.05, 3.63) is 0 Å². The van der Waals surface area contributed by atoms with Crippen molar-refractivity contribution in [2.24, 2.45) is 10.9 Å². The van der Waals surface area contributed by atoms with Crippen molar-refractivity contribution in [2.45, 2.75) is 44.4 Å². The third-order valence-electron chi connectivity index (χ3n) is 2.85. The van der Waals surface area contributed by atoms with Crippen LogP contribution in [0.2, 0.25) is 0 Å². The Kier molecular flexibility index (Phi) is 2.82. The average molecular weight is 198 g/mol. The molecule has 0 aromatic rings. The molecule has 1 fully saturated rings. The summed E-state index contributed by atoms with van der Waals surface area (Å²) in [5, 5.41) is 5.42. The van der Waals surface area contributed by atoms with E-state index in [-0.39, 0.29) is 0 Å². The zero-order chi connectivity index (χ0) is 9.26. The standard InChI is InChI=1S/C10H18N2S/c1-7(2)9-6-11-10(13-9)12-8-4-3-5-8/h7-9H,3-6H2,1-2H3,(H,11,12). The lowest BCUT2D eigenvalue weighted by molar-refractivity contribution is 0.385. The minimum atomic E-state index is 0.711. The summed E-state index contributed by atoms with van der Waals surface area (Å²) in [5.74, 6) is 0.745. The van der Waals surface area contributed by atoms with Gasteiger partial charge in [0.2, 0.25) is 0 Å². The normalized spacial score (nSPS) is 28.8. The maximum Gasteiger partial charge on any atom is 0.157 e. The molecular weight excluding hydrogens is 180 g/mol. The van der Waals surface area contributed by atoms with Crippen LogP contribution < -0.4 is 5.32 Å². The molecule has 1 aliphatic heterocycles. The van der Waals surface area contributed by atoms with Crippen molar-refractivity contribution in [1.82, 2.24) is 5.32 Å². The van der Waals surface area contributed by atoms with Crippen LogP contribution in [-0.2, 0) is 0 Å². The van der Waals surface area contributed by atoms with Crippen molar-refractivity contribution >= 4 is 16.9 Å². The molecule has 2 nitrogen and oxygen atoms in total. The summed E-state index contributed by atoms with van der Waals surface area (Å²) in [6, 6.07) is 0.733. The fourth-order valence-corrected chi connectivity index (χ4v) is 2.64. The van der Waals surface area contributed by atoms with Crippen LogP contribution in [0.5, 0.6) is 0 Å². The molecule has 0 bridgehead atoms. The Balaban J connectivity index is 1.76. The maximum atomic E-state index is 4.53. The summed E-state index contributed by atoms with van der Waals surface area (Å²) in [4.78, 5) is 4.53. The first-order chi connectivity index (χ1) is 6.25. The number of hydrogen-bond acceptors (Lipinski definition) is 3. The number of nitrogens with one attached hydrogen (secondary N) is 1. The molecule has 0 aromatic carbocycles. The quantitative estimate of drug-likeness (QED) is 0.736. The van der Waals surface area contributed by atoms with Crippen molar-refractivity contribution < 1.29 is 0 Å². The van der Waals surface area contributed by atoms with E-state index in [0.717, 1.165) is 18.5 Å². The molecule has 0 amide bonds. The summed E-state index contributed by atoms with van der Waals surface area (Å²) in [7, 11) is 0. The van der Waals surface area contributed by atoms with Crippen LogP contribution in [0.3, 0.4) is 0 Å². The second-order valence-electron chi connectivity index (χ2n) is 4.32. The maximum absolute atomic E-state index is 4.53. The molecule has 3 heteroatoms. The minimum absolute atomic E-state index is 0.711. The predicted molar refractivity (Wildman–Crippen MR) is 59.3 cm³/mol. The molecule has 1 N–H and O–H groups in total. The van der Waals surface area contributed by atoms with Crippen molar-refractivity contribution in [3.63, 3.8) is 0 Å². The smallest absolute Gasteiger partial charge is 0.157 e. The first kappa shape index (κ1) is 9.38. The van der Waals surface area contributed by atoms with E-state index >= 15 is 0 Å². The third kappa shape index (κ3) is 2.19. The number of aliphatic imine (C=N–C) groups is 1. The molecule has 1 unspecified atom stereocenters. The Bertz CT molecular complexity index is 209. The molecule has 13 heavy (non-hydrogen) atoms. The SMILES string of the molecule is CC(C)C1CN=C(NC2CCC2)S1. The van der Waals surface area contributed by atoms with Gasteiger partial charge >= 0.3 is 0 Å². The van der Waals surface area contributed by atoms with Crippen LogP contribution in [-0.4, -0.2) is 23.0 Å². The fraction of sp³-hybridized carbons (Fsp3) is 0.900. The van der Waals surface area contributed by atoms with Crippen LogP contribution in [0.15, 0.2) is 4.99 Å². The van der Waals surface area contributed by atoms with E-state index in [1.54, 1.807) is 0 Å². The minimum Gasteiger partial charge on any atom is -0.362 e. The number of nitrogens with zero attached hydrogens (tertiary/aromatic N) is 1. The van der Waals surface area contributed by atoms with Gasteiger partial charge in [-0.05, 0) is 25.2 Å². The second-order valence-corrected chi connectivity index (χ2v) is 5.55. The van der Waals surface area contributed by atoms with Crippen LogP contribution in [0.25, 0.3) is 0 Å². The third-order valence-corrected chi connectivity index (χ3v) is 4.32. The van der Waals surface area contributed by atoms with Gasteiger partial charge in [0, 0.05) is 11.3 Å². The molecule has 1 aliphatic carbocycles. The zero-order valence-corrected chi connectivity index (χ0v) is 9.23. The lowest BCUT2D eigenvalue weighted by Gasteiger charge is -2.27. The second kappa shape index (κ2) is 3.91. The highest BCUT2D eigenvalue weighted by atomic mass is 32.2. The number of rotatable bonds is 2. The highest BCUT2D eigenvalue weighted by Crippen LogP contribution is 2.28. The van der Waals surface area contributed by atoms with Gasteiger partial charge in [-0.15, -0.1) is 0 Å². The van der Waals surface area contributed by atoms with Gasteiger partial charge in [0.25, 0.3) is 0 Å². The molecule has 2 rings (SSSR count). The van der Waals surface area contributed by atoms with E-state index in [2.05, 4.69) is 24.2 Å². The Labute approximate surface area is 84.6 Å². The summed E-state index contributed by atoms with van der Waals surface area (Å²) in [6.45, 7) is 5.57. The Hall–Kier alpha value is -0.180. The van der Waals surface area contributed by atoms with E-state index in [4.69, 9.17) is 0 Å². The Morgan fingerprint density at radius 2 is 2.23 bits per heavy atom. The summed E-state index contributed by atoms with van der Waals surface area (Å²) in [6.07, 6.45) is 4.07. The molecule has 0 radical (unpaired) electrons. The van der Waals surface area contributed by atoms with Crippen LogP contribution in [0, 0.1) is 5.92 Å². The number of amidine groups is 1. The van der Waals surface area contributed by atoms with Gasteiger partial charge in [-0.3, -0.25) is 4.99 Å². The first-order valence-electron chi connectivity index (χ1n) is 5.23. The van der Waals surface area contributed by atoms with Gasteiger partial charge in [-0.2, -0.15) is 0 Å². The highest BCUT2D eigenvalue weighted by Gasteiger charge is 2.25. The van der Waals surface area contributed by atoms with Gasteiger partial charge in [-0.1, -0.05) is 25.6 Å². The van der Waals surface area contributed by atoms with Gasteiger partial charge in [0.05, 0.1) is 6.54 Å². The molecule has 0 spiro atoms. The largest absolute Gasteiger partial charge is 0.362 e. The summed E-state index contributed by atoms with van der Waals surface area (Å²) in [5.41, 5.74) is 0. The fourth-order valence-electron chi connectivity index (χ4n) is 1.54. The van der Waals surface area contributed by atoms with E-state index in [0.29, 0.717) is 5.25 Å². The Morgan fingerprint density at radius 1 is 1.46 bits per heavy atom. The molecule has 1 atom stereocenters. The number of thioether (sulfide) groups is 1. The van der Waals surface area contributed by atoms with Crippen molar-refractivity contribution in [3.8, 4) is 0 Å². The van der Waals surface area contributed by atoms with E-state index < -0.39 is 0 Å². The molecule has 2 aliphatic rings. The molecule has 0 saturated heterocycles. The van der Waals surface area contributed by atoms with Crippen LogP contribution in [0.4, 0.5) is 0 Å². The monoisotopic (exact) mass is 198 g/mol. The topological polar surface area (TPSA) is 24.4 Å². The van der Waals surface area contributed by atoms with Crippen LogP contribution in [0.1, 0.15) is 33.1 Å². The van der Waals surface area contributed by atoms with Crippen molar-refractivity contribution in [2.75, 3.05) is 6.54 Å². The lowest BCUT2D eigenvalue weighted by Crippen LogP contribution is -2.37. The average Bonchev–Trinajstić information content (AvgIpc) is 2.44. The molecule has 0 aromatic heterocycles. The van der Waals surface area contributed by atoms with Gasteiger partial charge in [0.1, 0.15) is 0 Å². The lowest BCUT2D eigenvalue weighted by atomic mass is 9.94. The van der Waals surface area contributed by atoms with E-state index in [1.807, 2.05) is 11.8 Å². The molecule has 74 valence electrons. The van der Waals surface area contributed by atoms with Gasteiger partial charge in [0.15, 0.2) is 5.17 Å². The molecular formula is C10H18N2S. The molecule has 1 heterocycles. The predicted octanol–water partition coefficient (Wildman–Crippen LogP) is 2.26. The number of hydrogen-bond donors (Lipinski definition) is 1. The van der Waals surface area contributed by atoms with E-state index in [9.17, 15) is 0 Å². The van der Waals surface area contributed by atoms with E-state index in [1.165, 1.54) is 24.4 Å². The Morgan fingerprint density at radius 3 is 2.69 bits per heavy atom.